The highest BCUT2D eigenvalue weighted by Gasteiger charge is 2.40. The molecule has 0 aliphatic heterocycles. The summed E-state index contributed by atoms with van der Waals surface area (Å²) in [6.07, 6.45) is 11.4. The van der Waals surface area contributed by atoms with E-state index in [-0.39, 0.29) is 10.8 Å². The van der Waals surface area contributed by atoms with E-state index < -0.39 is 11.4 Å². The van der Waals surface area contributed by atoms with Crippen LogP contribution in [0.4, 0.5) is 4.39 Å². The monoisotopic (exact) mass is 396 g/mol. The molecule has 2 fully saturated rings. The molecule has 0 unspecified atom stereocenters. The molecule has 1 N–H and O–H groups in total. The van der Waals surface area contributed by atoms with Gasteiger partial charge in [0.15, 0.2) is 11.6 Å². The average molecular weight is 397 g/mol. The van der Waals surface area contributed by atoms with E-state index in [0.29, 0.717) is 30.9 Å². The summed E-state index contributed by atoms with van der Waals surface area (Å²) in [7, 11) is 0. The molecule has 2 saturated carbocycles. The first-order valence-electron chi connectivity index (χ1n) is 10.8. The second-order valence-electron chi connectivity index (χ2n) is 8.61. The van der Waals surface area contributed by atoms with Crippen LogP contribution in [0, 0.1) is 23.6 Å². The number of halogens is 2. The predicted octanol–water partition coefficient (Wildman–Crippen LogP) is 6.86. The van der Waals surface area contributed by atoms with E-state index in [1.54, 1.807) is 12.1 Å². The fraction of sp³-hybridized carbons (Fsp3) is 0.739. The first-order chi connectivity index (χ1) is 13.0. The van der Waals surface area contributed by atoms with Crippen LogP contribution in [0.3, 0.4) is 0 Å². The van der Waals surface area contributed by atoms with Gasteiger partial charge in [0, 0.05) is 5.56 Å². The molecule has 1 aromatic rings. The van der Waals surface area contributed by atoms with Crippen molar-refractivity contribution in [2.75, 3.05) is 6.61 Å². The maximum atomic E-state index is 14.5. The Hall–Kier alpha value is -0.800. The minimum Gasteiger partial charge on any atom is -0.491 e. The van der Waals surface area contributed by atoms with E-state index in [2.05, 4.69) is 6.92 Å². The molecule has 2 aliphatic rings. The predicted molar refractivity (Wildman–Crippen MR) is 109 cm³/mol. The van der Waals surface area contributed by atoms with Crippen LogP contribution in [0.25, 0.3) is 0 Å². The van der Waals surface area contributed by atoms with Gasteiger partial charge in [-0.1, -0.05) is 50.3 Å². The second kappa shape index (κ2) is 9.13. The van der Waals surface area contributed by atoms with Gasteiger partial charge >= 0.3 is 0 Å². The molecule has 27 heavy (non-hydrogen) atoms. The van der Waals surface area contributed by atoms with Gasteiger partial charge in [-0.2, -0.15) is 0 Å². The van der Waals surface area contributed by atoms with Crippen molar-refractivity contribution in [2.45, 2.75) is 83.7 Å². The van der Waals surface area contributed by atoms with E-state index in [1.165, 1.54) is 38.5 Å². The lowest BCUT2D eigenvalue weighted by Crippen LogP contribution is -2.35. The highest BCUT2D eigenvalue weighted by Crippen LogP contribution is 2.48. The smallest absolute Gasteiger partial charge is 0.183 e. The third-order valence-corrected chi connectivity index (χ3v) is 7.33. The number of benzene rings is 1. The molecular formula is C23H34ClFO2. The van der Waals surface area contributed by atoms with Crippen molar-refractivity contribution in [3.63, 3.8) is 0 Å². The lowest BCUT2D eigenvalue weighted by molar-refractivity contribution is -0.0262. The quantitative estimate of drug-likeness (QED) is 0.568. The minimum absolute atomic E-state index is 0.0157. The van der Waals surface area contributed by atoms with Gasteiger partial charge in [0.05, 0.1) is 17.2 Å². The van der Waals surface area contributed by atoms with Gasteiger partial charge in [-0.3, -0.25) is 0 Å². The van der Waals surface area contributed by atoms with Gasteiger partial charge in [-0.15, -0.1) is 0 Å². The van der Waals surface area contributed by atoms with Crippen molar-refractivity contribution in [3.8, 4) is 5.75 Å². The number of hydrogen-bond acceptors (Lipinski definition) is 2. The van der Waals surface area contributed by atoms with Crippen LogP contribution >= 0.6 is 11.6 Å². The molecule has 4 heteroatoms. The lowest BCUT2D eigenvalue weighted by Gasteiger charge is -2.41. The third-order valence-electron chi connectivity index (χ3n) is 6.96. The highest BCUT2D eigenvalue weighted by molar-refractivity contribution is 6.31. The number of aliphatic hydroxyl groups is 1. The van der Waals surface area contributed by atoms with E-state index in [9.17, 15) is 9.50 Å². The SMILES string of the molecule is CCCC1CCC(C2CCC(O)(c3ccc(OCC)c(F)c3Cl)CC2)CC1. The van der Waals surface area contributed by atoms with Crippen molar-refractivity contribution >= 4 is 11.6 Å². The zero-order valence-corrected chi connectivity index (χ0v) is 17.5. The van der Waals surface area contributed by atoms with Crippen LogP contribution in [0.2, 0.25) is 5.02 Å². The molecular weight excluding hydrogens is 363 g/mol. The Bertz CT molecular complexity index is 617. The molecule has 0 radical (unpaired) electrons. The van der Waals surface area contributed by atoms with E-state index >= 15 is 0 Å². The Morgan fingerprint density at radius 2 is 1.70 bits per heavy atom. The van der Waals surface area contributed by atoms with Gasteiger partial charge in [0.1, 0.15) is 0 Å². The Labute approximate surface area is 168 Å². The van der Waals surface area contributed by atoms with Gasteiger partial charge in [-0.25, -0.2) is 4.39 Å². The molecule has 3 rings (SSSR count). The number of hydrogen-bond donors (Lipinski definition) is 1. The summed E-state index contributed by atoms with van der Waals surface area (Å²) in [6, 6.07) is 3.34. The normalized spacial score (nSPS) is 31.7. The molecule has 2 aliphatic carbocycles. The third kappa shape index (κ3) is 4.62. The highest BCUT2D eigenvalue weighted by atomic mass is 35.5. The first-order valence-corrected chi connectivity index (χ1v) is 11.2. The van der Waals surface area contributed by atoms with Crippen LogP contribution in [-0.4, -0.2) is 11.7 Å². The van der Waals surface area contributed by atoms with Crippen molar-refractivity contribution in [3.05, 3.63) is 28.5 Å². The summed E-state index contributed by atoms with van der Waals surface area (Å²) in [5.41, 5.74) is -0.492. The first kappa shape index (κ1) is 20.9. The van der Waals surface area contributed by atoms with Gasteiger partial charge < -0.3 is 9.84 Å². The summed E-state index contributed by atoms with van der Waals surface area (Å²) in [4.78, 5) is 0. The Morgan fingerprint density at radius 3 is 2.30 bits per heavy atom. The summed E-state index contributed by atoms with van der Waals surface area (Å²) in [6.45, 7) is 4.48. The molecule has 0 saturated heterocycles. The Kier molecular flexibility index (Phi) is 7.08. The number of rotatable bonds is 6. The molecule has 0 amide bonds. The largest absolute Gasteiger partial charge is 0.491 e. The van der Waals surface area contributed by atoms with E-state index in [4.69, 9.17) is 16.3 Å². The molecule has 1 aromatic carbocycles. The summed E-state index contributed by atoms with van der Waals surface area (Å²) in [5.74, 6) is 2.03. The summed E-state index contributed by atoms with van der Waals surface area (Å²) >= 11 is 6.27. The van der Waals surface area contributed by atoms with Crippen molar-refractivity contribution in [2.24, 2.45) is 17.8 Å². The fourth-order valence-corrected chi connectivity index (χ4v) is 5.71. The minimum atomic E-state index is -1.02. The molecule has 0 atom stereocenters. The van der Waals surface area contributed by atoms with Crippen molar-refractivity contribution in [1.29, 1.82) is 0 Å². The summed E-state index contributed by atoms with van der Waals surface area (Å²) in [5, 5.41) is 11.2. The number of ether oxygens (including phenoxy) is 1. The zero-order valence-electron chi connectivity index (χ0n) is 16.8. The second-order valence-corrected chi connectivity index (χ2v) is 8.99. The molecule has 0 bridgehead atoms. The summed E-state index contributed by atoms with van der Waals surface area (Å²) < 4.78 is 19.7. The molecule has 0 heterocycles. The maximum absolute atomic E-state index is 14.5. The molecule has 152 valence electrons. The Morgan fingerprint density at radius 1 is 1.07 bits per heavy atom. The van der Waals surface area contributed by atoms with Crippen LogP contribution < -0.4 is 4.74 Å². The molecule has 0 aromatic heterocycles. The average Bonchev–Trinajstić information content (AvgIpc) is 2.67. The molecule has 2 nitrogen and oxygen atoms in total. The molecule has 0 spiro atoms. The van der Waals surface area contributed by atoms with E-state index in [1.807, 2.05) is 6.92 Å². The van der Waals surface area contributed by atoms with Gasteiger partial charge in [0.25, 0.3) is 0 Å². The Balaban J connectivity index is 1.62. The standard InChI is InChI=1S/C23H34ClFO2/c1-3-5-16-6-8-17(9-7-16)18-12-14-23(26,15-13-18)19-10-11-20(27-4-2)22(25)21(19)24/h10-11,16-18,26H,3-9,12-15H2,1-2H3. The topological polar surface area (TPSA) is 29.5 Å². The maximum Gasteiger partial charge on any atom is 0.183 e. The lowest BCUT2D eigenvalue weighted by atomic mass is 9.66. The van der Waals surface area contributed by atoms with Gasteiger partial charge in [-0.05, 0) is 69.3 Å². The fourth-order valence-electron chi connectivity index (χ4n) is 5.37. The van der Waals surface area contributed by atoms with Crippen LogP contribution in [0.5, 0.6) is 5.75 Å². The zero-order chi connectivity index (χ0) is 19.4. The van der Waals surface area contributed by atoms with Crippen molar-refractivity contribution < 1.29 is 14.2 Å². The van der Waals surface area contributed by atoms with Crippen molar-refractivity contribution in [1.82, 2.24) is 0 Å². The van der Waals surface area contributed by atoms with E-state index in [0.717, 1.165) is 24.7 Å². The van der Waals surface area contributed by atoms with Crippen LogP contribution in [-0.2, 0) is 5.60 Å². The van der Waals surface area contributed by atoms with Crippen LogP contribution in [0.1, 0.15) is 83.6 Å². The van der Waals surface area contributed by atoms with Crippen LogP contribution in [0.15, 0.2) is 12.1 Å². The van der Waals surface area contributed by atoms with Gasteiger partial charge in [0.2, 0.25) is 0 Å².